The maximum atomic E-state index is 13.3. The van der Waals surface area contributed by atoms with E-state index in [1.807, 2.05) is 6.92 Å². The molecule has 180 valence electrons. The smallest absolute Gasteiger partial charge is 0.399 e. The number of aromatic nitrogens is 2. The van der Waals surface area contributed by atoms with E-state index in [4.69, 9.17) is 15.5 Å². The Kier molecular flexibility index (Phi) is 5.75. The first-order valence-corrected chi connectivity index (χ1v) is 11.6. The fourth-order valence-corrected chi connectivity index (χ4v) is 4.97. The summed E-state index contributed by atoms with van der Waals surface area (Å²) < 4.78 is 45.5. The highest BCUT2D eigenvalue weighted by atomic mass is 19.4. The molecule has 6 nitrogen and oxygen atoms in total. The first-order valence-electron chi connectivity index (χ1n) is 11.6. The average Bonchev–Trinajstić information content (AvgIpc) is 3.45. The lowest BCUT2D eigenvalue weighted by molar-refractivity contribution is -0.137. The molecule has 0 amide bonds. The van der Waals surface area contributed by atoms with Crippen LogP contribution in [-0.4, -0.2) is 29.2 Å². The summed E-state index contributed by atoms with van der Waals surface area (Å²) in [5, 5.41) is 7.84. The van der Waals surface area contributed by atoms with Crippen LogP contribution in [0.25, 0.3) is 10.9 Å². The van der Waals surface area contributed by atoms with Crippen molar-refractivity contribution in [3.8, 4) is 0 Å². The lowest BCUT2D eigenvalue weighted by atomic mass is 10.0. The van der Waals surface area contributed by atoms with E-state index in [-0.39, 0.29) is 11.7 Å². The van der Waals surface area contributed by atoms with Gasteiger partial charge in [0.1, 0.15) is 11.6 Å². The Morgan fingerprint density at radius 1 is 1.12 bits per heavy atom. The van der Waals surface area contributed by atoms with Crippen LogP contribution in [0.4, 0.5) is 30.4 Å². The summed E-state index contributed by atoms with van der Waals surface area (Å²) >= 11 is 0. The minimum Gasteiger partial charge on any atom is -0.399 e. The highest BCUT2D eigenvalue weighted by molar-refractivity contribution is 5.96. The van der Waals surface area contributed by atoms with E-state index < -0.39 is 17.8 Å². The molecule has 0 saturated carbocycles. The van der Waals surface area contributed by atoms with Crippen molar-refractivity contribution in [1.82, 2.24) is 9.97 Å². The maximum Gasteiger partial charge on any atom is 0.416 e. The van der Waals surface area contributed by atoms with E-state index >= 15 is 0 Å². The molecular formula is C25H28F3N5O. The third-order valence-corrected chi connectivity index (χ3v) is 6.62. The number of nitrogen functional groups attached to an aromatic ring is 1. The number of nitrogens with one attached hydrogen (secondary N) is 2. The van der Waals surface area contributed by atoms with Gasteiger partial charge < -0.3 is 21.1 Å². The van der Waals surface area contributed by atoms with E-state index in [2.05, 4.69) is 21.7 Å². The van der Waals surface area contributed by atoms with Gasteiger partial charge in [-0.1, -0.05) is 0 Å². The Hall–Kier alpha value is -3.07. The van der Waals surface area contributed by atoms with Crippen LogP contribution < -0.4 is 16.4 Å². The largest absolute Gasteiger partial charge is 0.416 e. The summed E-state index contributed by atoms with van der Waals surface area (Å²) in [4.78, 5) is 9.38. The fraction of sp³-hybridized carbons (Fsp3) is 0.440. The standard InChI is InChI=1S/C25H28F3N5O/c1-13(15-8-16(25(26,27)28)10-17(29)9-15)30-24-21-11-22(33-18-6-7-34-12-18)19-4-3-5-20(19)23(21)31-14(2)32-24/h8-11,13,18,33H,3-7,12,29H2,1-2H3,(H,30,31,32)/t13-,18+/m1/s1. The first-order chi connectivity index (χ1) is 16.2. The van der Waals surface area contributed by atoms with Gasteiger partial charge in [-0.2, -0.15) is 13.2 Å². The van der Waals surface area contributed by atoms with E-state index in [0.717, 1.165) is 61.0 Å². The Bertz CT molecular complexity index is 1240. The van der Waals surface area contributed by atoms with Crippen molar-refractivity contribution in [2.24, 2.45) is 0 Å². The molecule has 2 aromatic carbocycles. The molecule has 5 rings (SSSR count). The van der Waals surface area contributed by atoms with Gasteiger partial charge in [-0.25, -0.2) is 9.97 Å². The number of halogens is 3. The highest BCUT2D eigenvalue weighted by Gasteiger charge is 2.31. The molecule has 1 aromatic heterocycles. The third-order valence-electron chi connectivity index (χ3n) is 6.62. The van der Waals surface area contributed by atoms with E-state index in [0.29, 0.717) is 23.8 Å². The van der Waals surface area contributed by atoms with Crippen LogP contribution in [0.2, 0.25) is 0 Å². The Morgan fingerprint density at radius 3 is 2.65 bits per heavy atom. The number of nitrogens with zero attached hydrogens (tertiary/aromatic N) is 2. The second-order valence-corrected chi connectivity index (χ2v) is 9.21. The minimum absolute atomic E-state index is 0.0743. The topological polar surface area (TPSA) is 85.1 Å². The highest BCUT2D eigenvalue weighted by Crippen LogP contribution is 2.39. The monoisotopic (exact) mass is 471 g/mol. The van der Waals surface area contributed by atoms with Crippen LogP contribution in [0.3, 0.4) is 0 Å². The molecule has 2 aliphatic rings. The van der Waals surface area contributed by atoms with Crippen molar-refractivity contribution in [2.45, 2.75) is 57.8 Å². The van der Waals surface area contributed by atoms with E-state index in [1.165, 1.54) is 11.1 Å². The summed E-state index contributed by atoms with van der Waals surface area (Å²) in [6, 6.07) is 5.54. The Morgan fingerprint density at radius 2 is 1.91 bits per heavy atom. The van der Waals surface area contributed by atoms with Crippen molar-refractivity contribution >= 4 is 28.1 Å². The lowest BCUT2D eigenvalue weighted by Gasteiger charge is -2.21. The molecular weight excluding hydrogens is 443 g/mol. The van der Waals surface area contributed by atoms with Crippen LogP contribution in [0.5, 0.6) is 0 Å². The average molecular weight is 472 g/mol. The molecule has 0 bridgehead atoms. The number of benzene rings is 2. The Balaban J connectivity index is 1.55. The van der Waals surface area contributed by atoms with Gasteiger partial charge in [0.25, 0.3) is 0 Å². The van der Waals surface area contributed by atoms with Crippen LogP contribution in [0, 0.1) is 6.92 Å². The summed E-state index contributed by atoms with van der Waals surface area (Å²) in [6.45, 7) is 5.07. The number of hydrogen-bond donors (Lipinski definition) is 3. The zero-order valence-corrected chi connectivity index (χ0v) is 19.2. The first kappa shape index (κ1) is 22.7. The van der Waals surface area contributed by atoms with Crippen molar-refractivity contribution in [1.29, 1.82) is 0 Å². The zero-order chi connectivity index (χ0) is 24.0. The predicted molar refractivity (Wildman–Crippen MR) is 127 cm³/mol. The van der Waals surface area contributed by atoms with Gasteiger partial charge in [0, 0.05) is 23.4 Å². The maximum absolute atomic E-state index is 13.3. The Labute approximate surface area is 196 Å². The van der Waals surface area contributed by atoms with Gasteiger partial charge in [0.15, 0.2) is 0 Å². The molecule has 4 N–H and O–H groups in total. The second-order valence-electron chi connectivity index (χ2n) is 9.21. The zero-order valence-electron chi connectivity index (χ0n) is 19.2. The fourth-order valence-electron chi connectivity index (χ4n) is 4.97. The molecule has 34 heavy (non-hydrogen) atoms. The van der Waals surface area contributed by atoms with Crippen LogP contribution in [0.15, 0.2) is 24.3 Å². The number of ether oxygens (including phenoxy) is 1. The molecule has 1 saturated heterocycles. The SMILES string of the molecule is Cc1nc(N[C@H](C)c2cc(N)cc(C(F)(F)F)c2)c2cc(N[C@H]3CCOC3)c3c(c2n1)CCC3. The van der Waals surface area contributed by atoms with Crippen molar-refractivity contribution in [2.75, 3.05) is 29.6 Å². The molecule has 2 heterocycles. The van der Waals surface area contributed by atoms with Gasteiger partial charge in [0.2, 0.25) is 0 Å². The van der Waals surface area contributed by atoms with Crippen molar-refractivity contribution < 1.29 is 17.9 Å². The molecule has 0 unspecified atom stereocenters. The number of rotatable bonds is 5. The van der Waals surface area contributed by atoms with Gasteiger partial charge in [-0.3, -0.25) is 0 Å². The molecule has 3 aromatic rings. The van der Waals surface area contributed by atoms with Crippen LogP contribution in [0.1, 0.15) is 53.9 Å². The number of nitrogens with two attached hydrogens (primary N) is 1. The molecule has 1 fully saturated rings. The summed E-state index contributed by atoms with van der Waals surface area (Å²) in [5.41, 5.74) is 10.0. The lowest BCUT2D eigenvalue weighted by Crippen LogP contribution is -2.20. The van der Waals surface area contributed by atoms with Crippen LogP contribution in [-0.2, 0) is 23.8 Å². The number of fused-ring (bicyclic) bond motifs is 3. The molecule has 1 aliphatic heterocycles. The molecule has 2 atom stereocenters. The number of alkyl halides is 3. The number of hydrogen-bond acceptors (Lipinski definition) is 6. The van der Waals surface area contributed by atoms with Gasteiger partial charge >= 0.3 is 6.18 Å². The summed E-state index contributed by atoms with van der Waals surface area (Å²) in [7, 11) is 0. The van der Waals surface area contributed by atoms with Crippen LogP contribution >= 0.6 is 0 Å². The molecule has 0 spiro atoms. The number of anilines is 3. The van der Waals surface area contributed by atoms with Crippen molar-refractivity contribution in [3.63, 3.8) is 0 Å². The molecule has 1 aliphatic carbocycles. The summed E-state index contributed by atoms with van der Waals surface area (Å²) in [5.74, 6) is 1.22. The van der Waals surface area contributed by atoms with Gasteiger partial charge in [0.05, 0.1) is 29.8 Å². The normalized spacial score (nSPS) is 18.8. The minimum atomic E-state index is -4.47. The predicted octanol–water partition coefficient (Wildman–Crippen LogP) is 5.40. The number of aryl methyl sites for hydroxylation is 2. The third kappa shape index (κ3) is 4.36. The van der Waals surface area contributed by atoms with E-state index in [1.54, 1.807) is 13.0 Å². The van der Waals surface area contributed by atoms with Gasteiger partial charge in [-0.05, 0) is 80.5 Å². The van der Waals surface area contributed by atoms with Gasteiger partial charge in [-0.15, -0.1) is 0 Å². The summed E-state index contributed by atoms with van der Waals surface area (Å²) in [6.07, 6.45) is -0.509. The van der Waals surface area contributed by atoms with Crippen molar-refractivity contribution in [3.05, 3.63) is 52.3 Å². The van der Waals surface area contributed by atoms with E-state index in [9.17, 15) is 13.2 Å². The second kappa shape index (κ2) is 8.61. The quantitative estimate of drug-likeness (QED) is 0.432. The molecule has 0 radical (unpaired) electrons. The molecule has 9 heteroatoms.